The Labute approximate surface area is 105 Å². The van der Waals surface area contributed by atoms with Crippen molar-refractivity contribution in [1.82, 2.24) is 0 Å². The van der Waals surface area contributed by atoms with Crippen molar-refractivity contribution in [3.05, 3.63) is 59.1 Å². The first-order chi connectivity index (χ1) is 7.66. The first-order valence-corrected chi connectivity index (χ1v) is 5.95. The summed E-state index contributed by atoms with van der Waals surface area (Å²) in [6, 6.07) is 14.4. The summed E-state index contributed by atoms with van der Waals surface area (Å²) in [6.07, 6.45) is 1.84. The second-order valence-corrected chi connectivity index (χ2v) is 4.83. The fourth-order valence-electron chi connectivity index (χ4n) is 1.68. The van der Waals surface area contributed by atoms with E-state index in [1.807, 2.05) is 31.2 Å². The molecule has 0 aliphatic carbocycles. The SMILES string of the molecule is C/C(Cl)=C/C(Cl)c1ccc2ccccc2c1. The predicted molar refractivity (Wildman–Crippen MR) is 72.2 cm³/mol. The molecule has 0 aliphatic rings. The van der Waals surface area contributed by atoms with Crippen molar-refractivity contribution < 1.29 is 0 Å². The van der Waals surface area contributed by atoms with Crippen LogP contribution in [0.2, 0.25) is 0 Å². The number of rotatable bonds is 2. The van der Waals surface area contributed by atoms with Crippen LogP contribution >= 0.6 is 23.2 Å². The summed E-state index contributed by atoms with van der Waals surface area (Å²) in [5.41, 5.74) is 1.07. The molecule has 2 rings (SSSR count). The van der Waals surface area contributed by atoms with E-state index in [1.165, 1.54) is 10.8 Å². The molecule has 0 radical (unpaired) electrons. The zero-order valence-corrected chi connectivity index (χ0v) is 10.5. The smallest absolute Gasteiger partial charge is 0.0780 e. The number of halogens is 2. The van der Waals surface area contributed by atoms with E-state index in [2.05, 4.69) is 24.3 Å². The summed E-state index contributed by atoms with van der Waals surface area (Å²) in [5, 5.41) is 2.98. The van der Waals surface area contributed by atoms with Crippen LogP contribution < -0.4 is 0 Å². The standard InChI is InChI=1S/C14H12Cl2/c1-10(15)8-14(16)13-7-6-11-4-2-3-5-12(11)9-13/h2-9,14H,1H3/b10-8-. The molecule has 0 N–H and O–H groups in total. The summed E-state index contributed by atoms with van der Waals surface area (Å²) in [7, 11) is 0. The topological polar surface area (TPSA) is 0 Å². The molecule has 16 heavy (non-hydrogen) atoms. The molecule has 0 bridgehead atoms. The van der Waals surface area contributed by atoms with Crippen molar-refractivity contribution in [3.63, 3.8) is 0 Å². The third kappa shape index (κ3) is 2.58. The molecule has 1 unspecified atom stereocenters. The maximum absolute atomic E-state index is 6.24. The highest BCUT2D eigenvalue weighted by Gasteiger charge is 2.05. The minimum Gasteiger partial charge on any atom is -0.113 e. The molecule has 0 nitrogen and oxygen atoms in total. The van der Waals surface area contributed by atoms with Crippen LogP contribution in [-0.4, -0.2) is 0 Å². The lowest BCUT2D eigenvalue weighted by Crippen LogP contribution is -1.86. The largest absolute Gasteiger partial charge is 0.113 e. The lowest BCUT2D eigenvalue weighted by Gasteiger charge is -2.06. The van der Waals surface area contributed by atoms with E-state index in [0.29, 0.717) is 5.03 Å². The first kappa shape index (κ1) is 11.5. The van der Waals surface area contributed by atoms with Crippen molar-refractivity contribution in [1.29, 1.82) is 0 Å². The fraction of sp³-hybridized carbons (Fsp3) is 0.143. The van der Waals surface area contributed by atoms with Gasteiger partial charge in [0.25, 0.3) is 0 Å². The van der Waals surface area contributed by atoms with E-state index in [1.54, 1.807) is 0 Å². The molecule has 2 heteroatoms. The van der Waals surface area contributed by atoms with Crippen LogP contribution in [0.15, 0.2) is 53.6 Å². The van der Waals surface area contributed by atoms with Gasteiger partial charge in [0, 0.05) is 5.03 Å². The van der Waals surface area contributed by atoms with Crippen molar-refractivity contribution in [3.8, 4) is 0 Å². The first-order valence-electron chi connectivity index (χ1n) is 5.13. The van der Waals surface area contributed by atoms with Gasteiger partial charge in [0.15, 0.2) is 0 Å². The third-order valence-electron chi connectivity index (χ3n) is 2.47. The zero-order valence-electron chi connectivity index (χ0n) is 8.95. The van der Waals surface area contributed by atoms with Crippen molar-refractivity contribution in [2.24, 2.45) is 0 Å². The maximum atomic E-state index is 6.24. The third-order valence-corrected chi connectivity index (χ3v) is 2.97. The Kier molecular flexibility index (Phi) is 3.52. The molecule has 0 fully saturated rings. The Hall–Kier alpha value is -0.980. The molecule has 0 aromatic heterocycles. The van der Waals surface area contributed by atoms with Crippen LogP contribution in [-0.2, 0) is 0 Å². The molecule has 0 saturated carbocycles. The molecule has 2 aromatic carbocycles. The number of allylic oxidation sites excluding steroid dienone is 2. The molecule has 82 valence electrons. The van der Waals surface area contributed by atoms with Gasteiger partial charge in [-0.2, -0.15) is 0 Å². The van der Waals surface area contributed by atoms with Gasteiger partial charge < -0.3 is 0 Å². The average Bonchev–Trinajstić information content (AvgIpc) is 2.27. The molecule has 0 heterocycles. The number of hydrogen-bond acceptors (Lipinski definition) is 0. The Morgan fingerprint density at radius 3 is 2.50 bits per heavy atom. The molecular weight excluding hydrogens is 239 g/mol. The number of alkyl halides is 1. The molecule has 0 amide bonds. The van der Waals surface area contributed by atoms with Crippen LogP contribution in [0.5, 0.6) is 0 Å². The Morgan fingerprint density at radius 2 is 1.81 bits per heavy atom. The number of hydrogen-bond donors (Lipinski definition) is 0. The molecular formula is C14H12Cl2. The molecule has 0 aliphatic heterocycles. The molecule has 1 atom stereocenters. The summed E-state index contributed by atoms with van der Waals surface area (Å²) >= 11 is 12.1. The minimum atomic E-state index is -0.165. The van der Waals surface area contributed by atoms with Crippen molar-refractivity contribution in [2.45, 2.75) is 12.3 Å². The van der Waals surface area contributed by atoms with E-state index in [9.17, 15) is 0 Å². The van der Waals surface area contributed by atoms with Crippen LogP contribution in [0, 0.1) is 0 Å². The predicted octanol–water partition coefficient (Wildman–Crippen LogP) is 5.26. The van der Waals surface area contributed by atoms with Gasteiger partial charge >= 0.3 is 0 Å². The van der Waals surface area contributed by atoms with Crippen LogP contribution in [0.3, 0.4) is 0 Å². The van der Waals surface area contributed by atoms with E-state index in [4.69, 9.17) is 23.2 Å². The Morgan fingerprint density at radius 1 is 1.12 bits per heavy atom. The molecule has 0 spiro atoms. The summed E-state index contributed by atoms with van der Waals surface area (Å²) < 4.78 is 0. The van der Waals surface area contributed by atoms with E-state index < -0.39 is 0 Å². The minimum absolute atomic E-state index is 0.165. The van der Waals surface area contributed by atoms with E-state index in [0.717, 1.165) is 5.56 Å². The highest BCUT2D eigenvalue weighted by molar-refractivity contribution is 6.30. The van der Waals surface area contributed by atoms with Gasteiger partial charge in [-0.15, -0.1) is 11.6 Å². The second kappa shape index (κ2) is 4.90. The number of benzene rings is 2. The summed E-state index contributed by atoms with van der Waals surface area (Å²) in [6.45, 7) is 1.83. The van der Waals surface area contributed by atoms with Crippen LogP contribution in [0.25, 0.3) is 10.8 Å². The normalized spacial score (nSPS) is 14.1. The van der Waals surface area contributed by atoms with Gasteiger partial charge in [-0.1, -0.05) is 48.0 Å². The second-order valence-electron chi connectivity index (χ2n) is 3.76. The van der Waals surface area contributed by atoms with Gasteiger partial charge in [0.2, 0.25) is 0 Å². The van der Waals surface area contributed by atoms with Crippen molar-refractivity contribution in [2.75, 3.05) is 0 Å². The highest BCUT2D eigenvalue weighted by Crippen LogP contribution is 2.27. The van der Waals surface area contributed by atoms with Gasteiger partial charge in [0.1, 0.15) is 0 Å². The van der Waals surface area contributed by atoms with Crippen molar-refractivity contribution >= 4 is 34.0 Å². The highest BCUT2D eigenvalue weighted by atomic mass is 35.5. The van der Waals surface area contributed by atoms with Gasteiger partial charge in [-0.05, 0) is 35.4 Å². The monoisotopic (exact) mass is 250 g/mol. The quantitative estimate of drug-likeness (QED) is 0.638. The molecule has 0 saturated heterocycles. The van der Waals surface area contributed by atoms with E-state index in [-0.39, 0.29) is 5.38 Å². The Bertz CT molecular complexity index is 525. The lowest BCUT2D eigenvalue weighted by molar-refractivity contribution is 1.21. The zero-order chi connectivity index (χ0) is 11.5. The average molecular weight is 251 g/mol. The Balaban J connectivity index is 2.43. The summed E-state index contributed by atoms with van der Waals surface area (Å²) in [5.74, 6) is 0. The van der Waals surface area contributed by atoms with Gasteiger partial charge in [-0.3, -0.25) is 0 Å². The lowest BCUT2D eigenvalue weighted by atomic mass is 10.0. The van der Waals surface area contributed by atoms with Gasteiger partial charge in [-0.25, -0.2) is 0 Å². The van der Waals surface area contributed by atoms with E-state index >= 15 is 0 Å². The molecule has 2 aromatic rings. The van der Waals surface area contributed by atoms with Crippen LogP contribution in [0.4, 0.5) is 0 Å². The number of fused-ring (bicyclic) bond motifs is 1. The summed E-state index contributed by atoms with van der Waals surface area (Å²) in [4.78, 5) is 0. The van der Waals surface area contributed by atoms with Crippen LogP contribution in [0.1, 0.15) is 17.9 Å². The fourth-order valence-corrected chi connectivity index (χ4v) is 2.19. The van der Waals surface area contributed by atoms with Gasteiger partial charge in [0.05, 0.1) is 5.38 Å². The maximum Gasteiger partial charge on any atom is 0.0780 e.